The van der Waals surface area contributed by atoms with Crippen molar-refractivity contribution in [3.8, 4) is 5.75 Å². The van der Waals surface area contributed by atoms with Crippen LogP contribution in [-0.4, -0.2) is 6.10 Å². The number of hydrogen-bond acceptors (Lipinski definition) is 2. The van der Waals surface area contributed by atoms with Gasteiger partial charge in [-0.15, -0.1) is 0 Å². The van der Waals surface area contributed by atoms with E-state index in [-0.39, 0.29) is 18.0 Å². The number of fused-ring (bicyclic) bond motifs is 1. The van der Waals surface area contributed by atoms with E-state index in [9.17, 15) is 4.39 Å². The van der Waals surface area contributed by atoms with E-state index >= 15 is 0 Å². The first kappa shape index (κ1) is 12.2. The molecule has 3 heteroatoms. The summed E-state index contributed by atoms with van der Waals surface area (Å²) in [7, 11) is 0. The van der Waals surface area contributed by atoms with Gasteiger partial charge in [0.25, 0.3) is 0 Å². The van der Waals surface area contributed by atoms with Gasteiger partial charge in [0.1, 0.15) is 17.7 Å². The summed E-state index contributed by atoms with van der Waals surface area (Å²) in [4.78, 5) is 0. The number of nitrogens with two attached hydrogens (primary N) is 1. The van der Waals surface area contributed by atoms with E-state index in [4.69, 9.17) is 10.5 Å². The van der Waals surface area contributed by atoms with Crippen LogP contribution in [0.15, 0.2) is 42.5 Å². The smallest absolute Gasteiger partial charge is 0.126 e. The Morgan fingerprint density at radius 1 is 1.26 bits per heavy atom. The Balaban J connectivity index is 1.82. The first-order valence-electron chi connectivity index (χ1n) is 6.41. The Morgan fingerprint density at radius 3 is 2.79 bits per heavy atom. The Kier molecular flexibility index (Phi) is 2.99. The zero-order chi connectivity index (χ0) is 13.4. The van der Waals surface area contributed by atoms with Crippen molar-refractivity contribution < 1.29 is 9.13 Å². The molecule has 1 aliphatic heterocycles. The van der Waals surface area contributed by atoms with Crippen LogP contribution in [0.1, 0.15) is 22.7 Å². The Morgan fingerprint density at radius 2 is 2.05 bits per heavy atom. The van der Waals surface area contributed by atoms with Gasteiger partial charge in [0.05, 0.1) is 6.04 Å². The molecule has 0 amide bonds. The van der Waals surface area contributed by atoms with Crippen LogP contribution in [0.3, 0.4) is 0 Å². The monoisotopic (exact) mass is 257 g/mol. The van der Waals surface area contributed by atoms with E-state index in [1.54, 1.807) is 19.1 Å². The van der Waals surface area contributed by atoms with Crippen LogP contribution >= 0.6 is 0 Å². The fourth-order valence-corrected chi connectivity index (χ4v) is 2.50. The van der Waals surface area contributed by atoms with E-state index in [0.717, 1.165) is 17.7 Å². The fourth-order valence-electron chi connectivity index (χ4n) is 2.50. The van der Waals surface area contributed by atoms with Gasteiger partial charge >= 0.3 is 0 Å². The molecule has 2 aromatic carbocycles. The molecule has 1 aliphatic rings. The Labute approximate surface area is 112 Å². The molecule has 2 unspecified atom stereocenters. The fraction of sp³-hybridized carbons (Fsp3) is 0.250. The Bertz CT molecular complexity index is 586. The van der Waals surface area contributed by atoms with Crippen molar-refractivity contribution in [2.24, 2.45) is 5.73 Å². The van der Waals surface area contributed by atoms with Crippen LogP contribution in [0, 0.1) is 12.7 Å². The molecule has 0 spiro atoms. The van der Waals surface area contributed by atoms with E-state index in [1.807, 2.05) is 18.2 Å². The molecule has 0 radical (unpaired) electrons. The SMILES string of the molecule is Cc1cc(C(N)C2Cc3ccccc3O2)ccc1F. The third-order valence-corrected chi connectivity index (χ3v) is 3.64. The lowest BCUT2D eigenvalue weighted by molar-refractivity contribution is 0.199. The molecule has 2 atom stereocenters. The molecule has 0 saturated carbocycles. The first-order valence-corrected chi connectivity index (χ1v) is 6.41. The van der Waals surface area contributed by atoms with Crippen molar-refractivity contribution in [3.63, 3.8) is 0 Å². The summed E-state index contributed by atoms with van der Waals surface area (Å²) in [5.41, 5.74) is 8.96. The van der Waals surface area contributed by atoms with Gasteiger partial charge in [0.15, 0.2) is 0 Å². The van der Waals surface area contributed by atoms with Gasteiger partial charge in [-0.25, -0.2) is 4.39 Å². The van der Waals surface area contributed by atoms with Crippen molar-refractivity contribution in [2.45, 2.75) is 25.5 Å². The van der Waals surface area contributed by atoms with Crippen molar-refractivity contribution in [2.75, 3.05) is 0 Å². The summed E-state index contributed by atoms with van der Waals surface area (Å²) < 4.78 is 19.2. The maximum Gasteiger partial charge on any atom is 0.126 e. The molecule has 0 aliphatic carbocycles. The lowest BCUT2D eigenvalue weighted by Crippen LogP contribution is -2.30. The molecule has 0 fully saturated rings. The number of ether oxygens (including phenoxy) is 1. The summed E-state index contributed by atoms with van der Waals surface area (Å²) in [6.07, 6.45) is 0.718. The van der Waals surface area contributed by atoms with Crippen LogP contribution in [-0.2, 0) is 6.42 Å². The molecule has 0 bridgehead atoms. The quantitative estimate of drug-likeness (QED) is 0.897. The topological polar surface area (TPSA) is 35.2 Å². The van der Waals surface area contributed by atoms with E-state index in [2.05, 4.69) is 6.07 Å². The predicted molar refractivity (Wildman–Crippen MR) is 72.6 cm³/mol. The molecule has 2 aromatic rings. The van der Waals surface area contributed by atoms with Gasteiger partial charge in [-0.2, -0.15) is 0 Å². The van der Waals surface area contributed by atoms with Gasteiger partial charge in [-0.05, 0) is 35.7 Å². The molecule has 0 saturated heterocycles. The second kappa shape index (κ2) is 4.67. The highest BCUT2D eigenvalue weighted by Gasteiger charge is 2.28. The second-order valence-corrected chi connectivity index (χ2v) is 5.00. The third-order valence-electron chi connectivity index (χ3n) is 3.64. The number of aryl methyl sites for hydroxylation is 1. The number of hydrogen-bond donors (Lipinski definition) is 1. The van der Waals surface area contributed by atoms with Crippen LogP contribution in [0.4, 0.5) is 4.39 Å². The lowest BCUT2D eigenvalue weighted by atomic mass is 9.97. The molecular weight excluding hydrogens is 241 g/mol. The average molecular weight is 257 g/mol. The minimum Gasteiger partial charge on any atom is -0.488 e. The van der Waals surface area contributed by atoms with Crippen molar-refractivity contribution in [3.05, 3.63) is 65.0 Å². The van der Waals surface area contributed by atoms with E-state index in [0.29, 0.717) is 5.56 Å². The average Bonchev–Trinajstić information content (AvgIpc) is 2.85. The maximum atomic E-state index is 13.3. The van der Waals surface area contributed by atoms with Gasteiger partial charge in [0, 0.05) is 6.42 Å². The van der Waals surface area contributed by atoms with Crippen LogP contribution < -0.4 is 10.5 Å². The first-order chi connectivity index (χ1) is 9.15. The lowest BCUT2D eigenvalue weighted by Gasteiger charge is -2.20. The Hall–Kier alpha value is -1.87. The van der Waals surface area contributed by atoms with Crippen molar-refractivity contribution in [1.29, 1.82) is 0 Å². The normalized spacial score (nSPS) is 18.8. The molecule has 19 heavy (non-hydrogen) atoms. The molecule has 3 rings (SSSR count). The van der Waals surface area contributed by atoms with Crippen molar-refractivity contribution >= 4 is 0 Å². The van der Waals surface area contributed by atoms with Gasteiger partial charge in [-0.3, -0.25) is 0 Å². The van der Waals surface area contributed by atoms with Crippen molar-refractivity contribution in [1.82, 2.24) is 0 Å². The zero-order valence-electron chi connectivity index (χ0n) is 10.8. The summed E-state index contributed by atoms with van der Waals surface area (Å²) in [6, 6.07) is 12.7. The highest BCUT2D eigenvalue weighted by Crippen LogP contribution is 2.33. The summed E-state index contributed by atoms with van der Waals surface area (Å²) >= 11 is 0. The predicted octanol–water partition coefficient (Wildman–Crippen LogP) is 3.14. The molecule has 2 nitrogen and oxygen atoms in total. The molecular formula is C16H16FNO. The maximum absolute atomic E-state index is 13.3. The van der Waals surface area contributed by atoms with Gasteiger partial charge in [0.2, 0.25) is 0 Å². The van der Waals surface area contributed by atoms with Crippen LogP contribution in [0.5, 0.6) is 5.75 Å². The van der Waals surface area contributed by atoms with E-state index in [1.165, 1.54) is 11.6 Å². The minimum absolute atomic E-state index is 0.0812. The van der Waals surface area contributed by atoms with Crippen LogP contribution in [0.2, 0.25) is 0 Å². The third kappa shape index (κ3) is 2.22. The standard InChI is InChI=1S/C16H16FNO/c1-10-8-12(6-7-13(10)17)16(18)15-9-11-4-2-3-5-14(11)19-15/h2-8,15-16H,9,18H2,1H3. The number of rotatable bonds is 2. The molecule has 98 valence electrons. The highest BCUT2D eigenvalue weighted by atomic mass is 19.1. The highest BCUT2D eigenvalue weighted by molar-refractivity contribution is 5.39. The zero-order valence-corrected chi connectivity index (χ0v) is 10.8. The van der Waals surface area contributed by atoms with Gasteiger partial charge in [-0.1, -0.05) is 30.3 Å². The van der Waals surface area contributed by atoms with Crippen LogP contribution in [0.25, 0.3) is 0 Å². The molecule has 2 N–H and O–H groups in total. The largest absolute Gasteiger partial charge is 0.488 e. The summed E-state index contributed by atoms with van der Waals surface area (Å²) in [6.45, 7) is 1.75. The second-order valence-electron chi connectivity index (χ2n) is 5.00. The summed E-state index contributed by atoms with van der Waals surface area (Å²) in [5.74, 6) is 0.702. The number of halogens is 1. The number of benzene rings is 2. The van der Waals surface area contributed by atoms with E-state index < -0.39 is 0 Å². The number of para-hydroxylation sites is 1. The minimum atomic E-state index is -0.244. The van der Waals surface area contributed by atoms with Gasteiger partial charge < -0.3 is 10.5 Å². The molecule has 1 heterocycles. The summed E-state index contributed by atoms with van der Waals surface area (Å²) in [5, 5.41) is 0. The molecule has 0 aromatic heterocycles.